The Morgan fingerprint density at radius 2 is 2.09 bits per heavy atom. The molecule has 3 aromatic rings. The minimum atomic E-state index is -0.335. The Morgan fingerprint density at radius 3 is 2.91 bits per heavy atom. The third-order valence-electron chi connectivity index (χ3n) is 3.47. The lowest BCUT2D eigenvalue weighted by molar-refractivity contribution is 0.251. The van der Waals surface area contributed by atoms with Crippen molar-refractivity contribution in [2.75, 3.05) is 12.4 Å². The predicted molar refractivity (Wildman–Crippen MR) is 87.6 cm³/mol. The van der Waals surface area contributed by atoms with E-state index in [2.05, 4.69) is 15.8 Å². The number of nitrogens with zero attached hydrogens (tertiary/aromatic N) is 1. The molecule has 0 bridgehead atoms. The van der Waals surface area contributed by atoms with Gasteiger partial charge in [0.15, 0.2) is 5.58 Å². The summed E-state index contributed by atoms with van der Waals surface area (Å²) in [6, 6.07) is 12.7. The van der Waals surface area contributed by atoms with E-state index in [1.165, 1.54) is 0 Å². The van der Waals surface area contributed by atoms with Crippen LogP contribution in [-0.2, 0) is 6.54 Å². The highest BCUT2D eigenvalue weighted by Gasteiger charge is 2.11. The van der Waals surface area contributed by atoms with Crippen molar-refractivity contribution in [3.05, 3.63) is 53.7 Å². The van der Waals surface area contributed by atoms with Crippen molar-refractivity contribution < 1.29 is 14.1 Å². The van der Waals surface area contributed by atoms with E-state index in [1.807, 2.05) is 37.3 Å². The van der Waals surface area contributed by atoms with E-state index in [0.717, 1.165) is 10.9 Å². The molecule has 0 atom stereocenters. The largest absolute Gasteiger partial charge is 0.495 e. The Labute approximate surface area is 133 Å². The maximum Gasteiger partial charge on any atom is 0.319 e. The fourth-order valence-electron chi connectivity index (χ4n) is 2.31. The van der Waals surface area contributed by atoms with E-state index in [9.17, 15) is 4.79 Å². The molecule has 23 heavy (non-hydrogen) atoms. The van der Waals surface area contributed by atoms with Crippen LogP contribution in [0, 0.1) is 6.92 Å². The van der Waals surface area contributed by atoms with Gasteiger partial charge in [0.25, 0.3) is 0 Å². The Morgan fingerprint density at radius 1 is 1.26 bits per heavy atom. The number of ether oxygens (including phenoxy) is 1. The third kappa shape index (κ3) is 3.26. The molecule has 1 heterocycles. The fourth-order valence-corrected chi connectivity index (χ4v) is 2.31. The maximum atomic E-state index is 12.0. The highest BCUT2D eigenvalue weighted by molar-refractivity contribution is 5.91. The molecule has 2 N–H and O–H groups in total. The quantitative estimate of drug-likeness (QED) is 0.773. The van der Waals surface area contributed by atoms with Gasteiger partial charge in [0.2, 0.25) is 0 Å². The van der Waals surface area contributed by atoms with Crippen LogP contribution >= 0.6 is 0 Å². The number of methoxy groups -OCH3 is 1. The van der Waals surface area contributed by atoms with Crippen LogP contribution in [0.1, 0.15) is 11.3 Å². The van der Waals surface area contributed by atoms with Crippen molar-refractivity contribution in [1.29, 1.82) is 0 Å². The average molecular weight is 311 g/mol. The van der Waals surface area contributed by atoms with Crippen LogP contribution in [0.25, 0.3) is 11.0 Å². The summed E-state index contributed by atoms with van der Waals surface area (Å²) in [5.74, 6) is 0.602. The predicted octanol–water partition coefficient (Wildman–Crippen LogP) is 3.47. The van der Waals surface area contributed by atoms with Crippen LogP contribution in [0.15, 0.2) is 47.0 Å². The van der Waals surface area contributed by atoms with Gasteiger partial charge in [0, 0.05) is 5.39 Å². The lowest BCUT2D eigenvalue weighted by Gasteiger charge is -2.10. The molecule has 0 aliphatic carbocycles. The van der Waals surface area contributed by atoms with Gasteiger partial charge >= 0.3 is 6.03 Å². The zero-order chi connectivity index (χ0) is 16.2. The first-order chi connectivity index (χ1) is 11.2. The maximum absolute atomic E-state index is 12.0. The van der Waals surface area contributed by atoms with E-state index in [0.29, 0.717) is 22.7 Å². The van der Waals surface area contributed by atoms with Crippen molar-refractivity contribution in [2.24, 2.45) is 0 Å². The van der Waals surface area contributed by atoms with E-state index < -0.39 is 0 Å². The zero-order valence-electron chi connectivity index (χ0n) is 12.9. The summed E-state index contributed by atoms with van der Waals surface area (Å²) in [7, 11) is 1.56. The number of hydrogen-bond donors (Lipinski definition) is 2. The molecule has 2 aromatic carbocycles. The van der Waals surface area contributed by atoms with Crippen molar-refractivity contribution in [2.45, 2.75) is 13.5 Å². The molecule has 0 radical (unpaired) electrons. The van der Waals surface area contributed by atoms with E-state index in [-0.39, 0.29) is 12.6 Å². The first kappa shape index (κ1) is 14.9. The summed E-state index contributed by atoms with van der Waals surface area (Å²) in [6.45, 7) is 2.27. The normalized spacial score (nSPS) is 10.5. The summed E-state index contributed by atoms with van der Waals surface area (Å²) in [6.07, 6.45) is 0. The summed E-state index contributed by atoms with van der Waals surface area (Å²) < 4.78 is 10.4. The molecule has 0 aliphatic rings. The highest BCUT2D eigenvalue weighted by Crippen LogP contribution is 2.23. The van der Waals surface area contributed by atoms with Gasteiger partial charge in [-0.15, -0.1) is 0 Å². The number of urea groups is 1. The van der Waals surface area contributed by atoms with Crippen LogP contribution in [0.3, 0.4) is 0 Å². The van der Waals surface area contributed by atoms with Crippen LogP contribution in [0.5, 0.6) is 5.75 Å². The number of aryl methyl sites for hydroxylation is 1. The van der Waals surface area contributed by atoms with Gasteiger partial charge in [0.1, 0.15) is 11.4 Å². The SMILES string of the molecule is COc1ccccc1NC(=O)NCc1noc2ccc(C)cc12. The van der Waals surface area contributed by atoms with Gasteiger partial charge in [-0.3, -0.25) is 0 Å². The Kier molecular flexibility index (Phi) is 4.14. The van der Waals surface area contributed by atoms with Gasteiger partial charge in [-0.25, -0.2) is 4.79 Å². The summed E-state index contributed by atoms with van der Waals surface area (Å²) in [5, 5.41) is 10.4. The first-order valence-electron chi connectivity index (χ1n) is 7.20. The molecule has 2 amide bonds. The molecule has 1 aromatic heterocycles. The van der Waals surface area contributed by atoms with Crippen LogP contribution in [-0.4, -0.2) is 18.3 Å². The summed E-state index contributed by atoms with van der Waals surface area (Å²) in [4.78, 5) is 12.0. The number of nitrogens with one attached hydrogen (secondary N) is 2. The number of carbonyl (C=O) groups excluding carboxylic acids is 1. The number of para-hydroxylation sites is 2. The van der Waals surface area contributed by atoms with Gasteiger partial charge in [-0.05, 0) is 31.2 Å². The molecule has 0 saturated heterocycles. The molecule has 0 aliphatic heterocycles. The second-order valence-electron chi connectivity index (χ2n) is 5.14. The number of carbonyl (C=O) groups is 1. The van der Waals surface area contributed by atoms with Crippen LogP contribution < -0.4 is 15.4 Å². The van der Waals surface area contributed by atoms with Crippen molar-refractivity contribution in [1.82, 2.24) is 10.5 Å². The minimum absolute atomic E-state index is 0.275. The standard InChI is InChI=1S/C17H17N3O3/c1-11-7-8-15-12(9-11)14(20-23-15)10-18-17(21)19-13-5-3-4-6-16(13)22-2/h3-9H,10H2,1-2H3,(H2,18,19,21). The van der Waals surface area contributed by atoms with Gasteiger partial charge in [-0.2, -0.15) is 0 Å². The van der Waals surface area contributed by atoms with Crippen molar-refractivity contribution >= 4 is 22.7 Å². The summed E-state index contributed by atoms with van der Waals surface area (Å²) >= 11 is 0. The second-order valence-corrected chi connectivity index (χ2v) is 5.14. The number of aromatic nitrogens is 1. The van der Waals surface area contributed by atoms with Crippen LogP contribution in [0.2, 0.25) is 0 Å². The number of anilines is 1. The van der Waals surface area contributed by atoms with Gasteiger partial charge in [-0.1, -0.05) is 28.9 Å². The number of amides is 2. The molecule has 0 unspecified atom stereocenters. The second kappa shape index (κ2) is 6.39. The van der Waals surface area contributed by atoms with Gasteiger partial charge in [0.05, 0.1) is 19.3 Å². The van der Waals surface area contributed by atoms with Gasteiger partial charge < -0.3 is 19.9 Å². The molecular formula is C17H17N3O3. The smallest absolute Gasteiger partial charge is 0.319 e. The van der Waals surface area contributed by atoms with Crippen LogP contribution in [0.4, 0.5) is 10.5 Å². The lowest BCUT2D eigenvalue weighted by atomic mass is 10.1. The molecule has 0 saturated carbocycles. The number of benzene rings is 2. The number of rotatable bonds is 4. The van der Waals surface area contributed by atoms with Crippen molar-refractivity contribution in [3.8, 4) is 5.75 Å². The third-order valence-corrected chi connectivity index (χ3v) is 3.47. The first-order valence-corrected chi connectivity index (χ1v) is 7.20. The molecule has 6 heteroatoms. The van der Waals surface area contributed by atoms with E-state index in [1.54, 1.807) is 19.2 Å². The summed E-state index contributed by atoms with van der Waals surface area (Å²) in [5.41, 5.74) is 3.12. The molecule has 0 spiro atoms. The van der Waals surface area contributed by atoms with E-state index >= 15 is 0 Å². The number of fused-ring (bicyclic) bond motifs is 1. The molecule has 0 fully saturated rings. The topological polar surface area (TPSA) is 76.4 Å². The molecule has 6 nitrogen and oxygen atoms in total. The monoisotopic (exact) mass is 311 g/mol. The van der Waals surface area contributed by atoms with Crippen molar-refractivity contribution in [3.63, 3.8) is 0 Å². The molecule has 3 rings (SSSR count). The fraction of sp³-hybridized carbons (Fsp3) is 0.176. The Bertz CT molecular complexity index is 842. The number of hydrogen-bond acceptors (Lipinski definition) is 4. The Hall–Kier alpha value is -3.02. The highest BCUT2D eigenvalue weighted by atomic mass is 16.5. The lowest BCUT2D eigenvalue weighted by Crippen LogP contribution is -2.28. The zero-order valence-corrected chi connectivity index (χ0v) is 12.9. The molecule has 118 valence electrons. The average Bonchev–Trinajstić information content (AvgIpc) is 2.95. The van der Waals surface area contributed by atoms with E-state index in [4.69, 9.17) is 9.26 Å². The Balaban J connectivity index is 1.67. The molecular weight excluding hydrogens is 294 g/mol. The minimum Gasteiger partial charge on any atom is -0.495 e.